The predicted octanol–water partition coefficient (Wildman–Crippen LogP) is 3.13. The molecule has 0 unspecified atom stereocenters. The summed E-state index contributed by atoms with van der Waals surface area (Å²) in [5.74, 6) is 0.0417. The molecule has 0 atom stereocenters. The van der Waals surface area contributed by atoms with Crippen LogP contribution < -0.4 is 4.90 Å². The van der Waals surface area contributed by atoms with Crippen molar-refractivity contribution in [3.05, 3.63) is 65.7 Å². The number of carbonyl (C=O) groups is 2. The maximum Gasteiger partial charge on any atom is 0.253 e. The number of amides is 2. The Kier molecular flexibility index (Phi) is 6.12. The van der Waals surface area contributed by atoms with Crippen molar-refractivity contribution in [2.24, 2.45) is 0 Å². The molecule has 1 aliphatic rings. The normalized spacial score (nSPS) is 14.1. The van der Waals surface area contributed by atoms with Crippen LogP contribution in [0.2, 0.25) is 0 Å². The second-order valence-electron chi connectivity index (χ2n) is 6.67. The highest BCUT2D eigenvalue weighted by Crippen LogP contribution is 2.17. The highest BCUT2D eigenvalue weighted by atomic mass is 16.2. The molecule has 3 rings (SSSR count). The van der Waals surface area contributed by atoms with E-state index in [2.05, 4.69) is 17.0 Å². The van der Waals surface area contributed by atoms with Crippen LogP contribution in [0.25, 0.3) is 0 Å². The molecule has 1 fully saturated rings. The van der Waals surface area contributed by atoms with Gasteiger partial charge in [0.05, 0.1) is 0 Å². The Labute approximate surface area is 161 Å². The molecule has 0 radical (unpaired) electrons. The molecule has 2 aromatic rings. The van der Waals surface area contributed by atoms with Gasteiger partial charge in [0.25, 0.3) is 11.8 Å². The summed E-state index contributed by atoms with van der Waals surface area (Å²) in [7, 11) is 0. The number of anilines is 1. The lowest BCUT2D eigenvalue weighted by Crippen LogP contribution is -2.48. The van der Waals surface area contributed by atoms with Crippen molar-refractivity contribution in [3.63, 3.8) is 0 Å². The first-order valence-corrected chi connectivity index (χ1v) is 9.62. The third kappa shape index (κ3) is 4.30. The van der Waals surface area contributed by atoms with Crippen LogP contribution in [0.15, 0.2) is 54.6 Å². The monoisotopic (exact) mass is 365 g/mol. The molecule has 27 heavy (non-hydrogen) atoms. The van der Waals surface area contributed by atoms with Gasteiger partial charge in [-0.05, 0) is 50.2 Å². The maximum atomic E-state index is 12.8. The lowest BCUT2D eigenvalue weighted by molar-refractivity contribution is 0.0742. The first kappa shape index (κ1) is 19.0. The van der Waals surface area contributed by atoms with E-state index in [4.69, 9.17) is 0 Å². The van der Waals surface area contributed by atoms with Crippen LogP contribution in [0.4, 0.5) is 5.69 Å². The second kappa shape index (κ2) is 8.71. The standard InChI is InChI=1S/C22H27N3O2/c1-3-23(4-2)21(26)18-10-12-19(13-11-18)22(27)25-16-14-24(15-17-25)20-8-6-5-7-9-20/h5-13H,3-4,14-17H2,1-2H3. The third-order valence-corrected chi connectivity index (χ3v) is 5.12. The van der Waals surface area contributed by atoms with Crippen molar-refractivity contribution < 1.29 is 9.59 Å². The summed E-state index contributed by atoms with van der Waals surface area (Å²) in [4.78, 5) is 31.1. The highest BCUT2D eigenvalue weighted by molar-refractivity contribution is 5.98. The molecule has 0 aliphatic carbocycles. The Balaban J connectivity index is 1.61. The fraction of sp³-hybridized carbons (Fsp3) is 0.364. The van der Waals surface area contributed by atoms with Crippen LogP contribution in [0, 0.1) is 0 Å². The summed E-state index contributed by atoms with van der Waals surface area (Å²) in [5.41, 5.74) is 2.47. The van der Waals surface area contributed by atoms with E-state index in [1.165, 1.54) is 5.69 Å². The Morgan fingerprint density at radius 1 is 0.815 bits per heavy atom. The number of hydrogen-bond donors (Lipinski definition) is 0. The number of rotatable bonds is 5. The van der Waals surface area contributed by atoms with E-state index < -0.39 is 0 Å². The molecule has 1 saturated heterocycles. The first-order valence-electron chi connectivity index (χ1n) is 9.62. The van der Waals surface area contributed by atoms with Gasteiger partial charge < -0.3 is 14.7 Å². The Hall–Kier alpha value is -2.82. The summed E-state index contributed by atoms with van der Waals surface area (Å²) in [6.45, 7) is 8.36. The summed E-state index contributed by atoms with van der Waals surface area (Å²) in [6.07, 6.45) is 0. The number of nitrogens with zero attached hydrogens (tertiary/aromatic N) is 3. The van der Waals surface area contributed by atoms with Crippen molar-refractivity contribution in [3.8, 4) is 0 Å². The van der Waals surface area contributed by atoms with E-state index in [1.54, 1.807) is 29.2 Å². The van der Waals surface area contributed by atoms with E-state index >= 15 is 0 Å². The molecule has 0 N–H and O–H groups in total. The molecule has 0 aromatic heterocycles. The van der Waals surface area contributed by atoms with Gasteiger partial charge >= 0.3 is 0 Å². The van der Waals surface area contributed by atoms with Crippen molar-refractivity contribution in [2.75, 3.05) is 44.2 Å². The van der Waals surface area contributed by atoms with Crippen molar-refractivity contribution in [1.82, 2.24) is 9.80 Å². The quantitative estimate of drug-likeness (QED) is 0.818. The molecule has 1 aliphatic heterocycles. The Morgan fingerprint density at radius 2 is 1.37 bits per heavy atom. The average molecular weight is 365 g/mol. The van der Waals surface area contributed by atoms with Gasteiger partial charge in [-0.1, -0.05) is 18.2 Å². The number of hydrogen-bond acceptors (Lipinski definition) is 3. The van der Waals surface area contributed by atoms with Crippen molar-refractivity contribution in [2.45, 2.75) is 13.8 Å². The smallest absolute Gasteiger partial charge is 0.253 e. The molecule has 5 heteroatoms. The zero-order valence-corrected chi connectivity index (χ0v) is 16.1. The lowest BCUT2D eigenvalue weighted by Gasteiger charge is -2.36. The number of piperazine rings is 1. The van der Waals surface area contributed by atoms with Crippen LogP contribution in [0.5, 0.6) is 0 Å². The largest absolute Gasteiger partial charge is 0.368 e. The van der Waals surface area contributed by atoms with Gasteiger partial charge in [0.15, 0.2) is 0 Å². The van der Waals surface area contributed by atoms with Gasteiger partial charge in [-0.2, -0.15) is 0 Å². The molecular weight excluding hydrogens is 338 g/mol. The molecule has 142 valence electrons. The highest BCUT2D eigenvalue weighted by Gasteiger charge is 2.22. The average Bonchev–Trinajstić information content (AvgIpc) is 2.75. The molecule has 2 amide bonds. The summed E-state index contributed by atoms with van der Waals surface area (Å²) in [6, 6.07) is 17.3. The minimum atomic E-state index is 0.00970. The minimum Gasteiger partial charge on any atom is -0.368 e. The second-order valence-corrected chi connectivity index (χ2v) is 6.67. The molecular formula is C22H27N3O2. The maximum absolute atomic E-state index is 12.8. The molecule has 1 heterocycles. The zero-order valence-electron chi connectivity index (χ0n) is 16.1. The van der Waals surface area contributed by atoms with Crippen molar-refractivity contribution >= 4 is 17.5 Å². The summed E-state index contributed by atoms with van der Waals surface area (Å²) < 4.78 is 0. The summed E-state index contributed by atoms with van der Waals surface area (Å²) in [5, 5.41) is 0. The number of benzene rings is 2. The SMILES string of the molecule is CCN(CC)C(=O)c1ccc(C(=O)N2CCN(c3ccccc3)CC2)cc1. The zero-order chi connectivity index (χ0) is 19.2. The third-order valence-electron chi connectivity index (χ3n) is 5.12. The van der Waals surface area contributed by atoms with Gasteiger partial charge in [-0.25, -0.2) is 0 Å². The van der Waals surface area contributed by atoms with Gasteiger partial charge in [0.2, 0.25) is 0 Å². The molecule has 2 aromatic carbocycles. The fourth-order valence-corrected chi connectivity index (χ4v) is 3.44. The van der Waals surface area contributed by atoms with E-state index in [1.807, 2.05) is 36.9 Å². The first-order chi connectivity index (χ1) is 13.1. The van der Waals surface area contributed by atoms with E-state index in [0.717, 1.165) is 13.1 Å². The topological polar surface area (TPSA) is 43.9 Å². The van der Waals surface area contributed by atoms with E-state index in [9.17, 15) is 9.59 Å². The molecule has 0 saturated carbocycles. The van der Waals surface area contributed by atoms with Gasteiger partial charge in [-0.15, -0.1) is 0 Å². The van der Waals surface area contributed by atoms with Crippen molar-refractivity contribution in [1.29, 1.82) is 0 Å². The number of para-hydroxylation sites is 1. The van der Waals surface area contributed by atoms with Crippen LogP contribution in [-0.4, -0.2) is 60.9 Å². The fourth-order valence-electron chi connectivity index (χ4n) is 3.44. The number of carbonyl (C=O) groups excluding carboxylic acids is 2. The van der Waals surface area contributed by atoms with Crippen LogP contribution in [0.1, 0.15) is 34.6 Å². The van der Waals surface area contributed by atoms with E-state index in [-0.39, 0.29) is 11.8 Å². The minimum absolute atomic E-state index is 0.00970. The van der Waals surface area contributed by atoms with Crippen LogP contribution in [0.3, 0.4) is 0 Å². The van der Waals surface area contributed by atoms with Gasteiger partial charge in [-0.3, -0.25) is 9.59 Å². The summed E-state index contributed by atoms with van der Waals surface area (Å²) >= 11 is 0. The van der Waals surface area contributed by atoms with Gasteiger partial charge in [0, 0.05) is 56.1 Å². The molecule has 0 spiro atoms. The molecule has 5 nitrogen and oxygen atoms in total. The molecule has 0 bridgehead atoms. The lowest BCUT2D eigenvalue weighted by atomic mass is 10.1. The Bertz CT molecular complexity index is 762. The van der Waals surface area contributed by atoms with Gasteiger partial charge in [0.1, 0.15) is 0 Å². The Morgan fingerprint density at radius 3 is 1.93 bits per heavy atom. The van der Waals surface area contributed by atoms with Crippen LogP contribution >= 0.6 is 0 Å². The van der Waals surface area contributed by atoms with Crippen LogP contribution in [-0.2, 0) is 0 Å². The van der Waals surface area contributed by atoms with E-state index in [0.29, 0.717) is 37.3 Å². The predicted molar refractivity (Wildman–Crippen MR) is 108 cm³/mol.